The molecule has 0 rings (SSSR count). The van der Waals surface area contributed by atoms with E-state index < -0.39 is 0 Å². The van der Waals surface area contributed by atoms with E-state index in [4.69, 9.17) is 0 Å². The molecule has 0 saturated carbocycles. The first-order valence-corrected chi connectivity index (χ1v) is 3.56. The van der Waals surface area contributed by atoms with Crippen LogP contribution in [0.2, 0.25) is 0 Å². The predicted octanol–water partition coefficient (Wildman–Crippen LogP) is 2.14. The Bertz CT molecular complexity index is 125. The van der Waals surface area contributed by atoms with Crippen molar-refractivity contribution in [1.82, 2.24) is 0 Å². The molecule has 0 aromatic heterocycles. The zero-order chi connectivity index (χ0) is 8.15. The minimum absolute atomic E-state index is 0.273. The Morgan fingerprint density at radius 1 is 1.60 bits per heavy atom. The maximum atomic E-state index is 9.32. The molecule has 0 bridgehead atoms. The molecule has 0 fully saturated rings. The van der Waals surface area contributed by atoms with Crippen LogP contribution in [0, 0.1) is 5.92 Å². The first-order chi connectivity index (χ1) is 4.57. The van der Waals surface area contributed by atoms with Crippen LogP contribution in [-0.4, -0.2) is 11.2 Å². The van der Waals surface area contributed by atoms with E-state index in [2.05, 4.69) is 13.2 Å². The monoisotopic (exact) mass is 140 g/mol. The minimum atomic E-state index is -0.273. The summed E-state index contributed by atoms with van der Waals surface area (Å²) in [4.78, 5) is 0. The Morgan fingerprint density at radius 2 is 2.10 bits per heavy atom. The van der Waals surface area contributed by atoms with E-state index >= 15 is 0 Å². The second kappa shape index (κ2) is 4.29. The lowest BCUT2D eigenvalue weighted by Crippen LogP contribution is -2.14. The third-order valence-electron chi connectivity index (χ3n) is 1.53. The van der Waals surface area contributed by atoms with Gasteiger partial charge >= 0.3 is 0 Å². The summed E-state index contributed by atoms with van der Waals surface area (Å²) in [5.41, 5.74) is 0.904. The van der Waals surface area contributed by atoms with Crippen LogP contribution >= 0.6 is 0 Å². The molecule has 0 saturated heterocycles. The normalized spacial score (nSPS) is 13.2. The zero-order valence-corrected chi connectivity index (χ0v) is 6.80. The van der Waals surface area contributed by atoms with Gasteiger partial charge < -0.3 is 5.11 Å². The minimum Gasteiger partial charge on any atom is -0.393 e. The second-order valence-electron chi connectivity index (χ2n) is 2.88. The molecule has 0 aliphatic rings. The quantitative estimate of drug-likeness (QED) is 0.593. The van der Waals surface area contributed by atoms with Gasteiger partial charge in [0.1, 0.15) is 0 Å². The van der Waals surface area contributed by atoms with Crippen LogP contribution in [0.25, 0.3) is 0 Å². The van der Waals surface area contributed by atoms with E-state index in [0.717, 1.165) is 5.57 Å². The van der Waals surface area contributed by atoms with Gasteiger partial charge in [-0.3, -0.25) is 0 Å². The largest absolute Gasteiger partial charge is 0.393 e. The number of rotatable bonds is 4. The molecular weight excluding hydrogens is 124 g/mol. The fourth-order valence-electron chi connectivity index (χ4n) is 0.588. The van der Waals surface area contributed by atoms with Crippen molar-refractivity contribution in [2.75, 3.05) is 0 Å². The predicted molar refractivity (Wildman–Crippen MR) is 44.8 cm³/mol. The molecule has 0 aliphatic heterocycles. The Labute approximate surface area is 63.1 Å². The summed E-state index contributed by atoms with van der Waals surface area (Å²) in [7, 11) is 0. The molecule has 0 aromatic rings. The number of allylic oxidation sites excluding steroid dienone is 1. The van der Waals surface area contributed by atoms with Gasteiger partial charge in [-0.05, 0) is 12.3 Å². The molecule has 1 heteroatoms. The first-order valence-electron chi connectivity index (χ1n) is 3.56. The number of aliphatic hydroxyl groups excluding tert-OH is 1. The number of hydrogen-bond donors (Lipinski definition) is 1. The van der Waals surface area contributed by atoms with Crippen LogP contribution in [0.5, 0.6) is 0 Å². The molecular formula is C9H16O. The fraction of sp³-hybridized carbons (Fsp3) is 0.556. The van der Waals surface area contributed by atoms with Crippen LogP contribution < -0.4 is 0 Å². The Balaban J connectivity index is 3.67. The zero-order valence-electron chi connectivity index (χ0n) is 6.80. The third kappa shape index (κ3) is 3.46. The van der Waals surface area contributed by atoms with Gasteiger partial charge in [0.25, 0.3) is 0 Å². The van der Waals surface area contributed by atoms with E-state index in [1.54, 1.807) is 6.08 Å². The van der Waals surface area contributed by atoms with Crippen molar-refractivity contribution in [3.05, 3.63) is 24.8 Å². The molecule has 1 atom stereocenters. The SMILES string of the molecule is C=CC(=C)C[C@H](O)C(C)C. The van der Waals surface area contributed by atoms with Gasteiger partial charge in [0.05, 0.1) is 6.10 Å². The Hall–Kier alpha value is -0.560. The smallest absolute Gasteiger partial charge is 0.0603 e. The van der Waals surface area contributed by atoms with Gasteiger partial charge in [0, 0.05) is 0 Å². The highest BCUT2D eigenvalue weighted by Gasteiger charge is 2.08. The molecule has 0 spiro atoms. The van der Waals surface area contributed by atoms with Gasteiger partial charge in [-0.2, -0.15) is 0 Å². The standard InChI is InChI=1S/C9H16O/c1-5-8(4)6-9(10)7(2)3/h5,7,9-10H,1,4,6H2,2-3H3/t9-/m0/s1. The molecule has 1 N–H and O–H groups in total. The molecule has 0 aliphatic carbocycles. The van der Waals surface area contributed by atoms with Crippen LogP contribution in [0.15, 0.2) is 24.8 Å². The number of aliphatic hydroxyl groups is 1. The lowest BCUT2D eigenvalue weighted by molar-refractivity contribution is 0.126. The molecule has 10 heavy (non-hydrogen) atoms. The maximum Gasteiger partial charge on any atom is 0.0603 e. The van der Waals surface area contributed by atoms with Crippen molar-refractivity contribution in [2.24, 2.45) is 5.92 Å². The van der Waals surface area contributed by atoms with Crippen LogP contribution in [0.1, 0.15) is 20.3 Å². The van der Waals surface area contributed by atoms with Crippen molar-refractivity contribution in [3.63, 3.8) is 0 Å². The van der Waals surface area contributed by atoms with Gasteiger partial charge in [-0.1, -0.05) is 38.7 Å². The van der Waals surface area contributed by atoms with E-state index in [1.165, 1.54) is 0 Å². The Kier molecular flexibility index (Phi) is 4.05. The lowest BCUT2D eigenvalue weighted by atomic mass is 10.0. The summed E-state index contributed by atoms with van der Waals surface area (Å²) in [5.74, 6) is 0.302. The van der Waals surface area contributed by atoms with Gasteiger partial charge in [0.2, 0.25) is 0 Å². The molecule has 58 valence electrons. The molecule has 0 aromatic carbocycles. The molecule has 1 nitrogen and oxygen atoms in total. The second-order valence-corrected chi connectivity index (χ2v) is 2.88. The van der Waals surface area contributed by atoms with Crippen LogP contribution in [0.3, 0.4) is 0 Å². The molecule has 0 amide bonds. The topological polar surface area (TPSA) is 20.2 Å². The first kappa shape index (κ1) is 9.44. The average Bonchev–Trinajstić information content (AvgIpc) is 1.87. The van der Waals surface area contributed by atoms with E-state index in [0.29, 0.717) is 12.3 Å². The van der Waals surface area contributed by atoms with Crippen LogP contribution in [-0.2, 0) is 0 Å². The van der Waals surface area contributed by atoms with E-state index in [1.807, 2.05) is 13.8 Å². The summed E-state index contributed by atoms with van der Waals surface area (Å²) in [5, 5.41) is 9.32. The Morgan fingerprint density at radius 3 is 2.40 bits per heavy atom. The van der Waals surface area contributed by atoms with Crippen molar-refractivity contribution >= 4 is 0 Å². The summed E-state index contributed by atoms with van der Waals surface area (Å²) in [6, 6.07) is 0. The van der Waals surface area contributed by atoms with Gasteiger partial charge in [0.15, 0.2) is 0 Å². The van der Waals surface area contributed by atoms with Crippen molar-refractivity contribution in [3.8, 4) is 0 Å². The molecule has 0 radical (unpaired) electrons. The van der Waals surface area contributed by atoms with Crippen LogP contribution in [0.4, 0.5) is 0 Å². The summed E-state index contributed by atoms with van der Waals surface area (Å²) in [6.07, 6.45) is 2.05. The lowest BCUT2D eigenvalue weighted by Gasteiger charge is -2.13. The highest BCUT2D eigenvalue weighted by atomic mass is 16.3. The summed E-state index contributed by atoms with van der Waals surface area (Å²) in [6.45, 7) is 11.3. The summed E-state index contributed by atoms with van der Waals surface area (Å²) < 4.78 is 0. The third-order valence-corrected chi connectivity index (χ3v) is 1.53. The molecule has 0 heterocycles. The van der Waals surface area contributed by atoms with Gasteiger partial charge in [-0.15, -0.1) is 0 Å². The van der Waals surface area contributed by atoms with Crippen molar-refractivity contribution in [2.45, 2.75) is 26.4 Å². The van der Waals surface area contributed by atoms with Gasteiger partial charge in [-0.25, -0.2) is 0 Å². The number of hydrogen-bond acceptors (Lipinski definition) is 1. The van der Waals surface area contributed by atoms with E-state index in [9.17, 15) is 5.11 Å². The average molecular weight is 140 g/mol. The van der Waals surface area contributed by atoms with Crippen molar-refractivity contribution < 1.29 is 5.11 Å². The molecule has 0 unspecified atom stereocenters. The van der Waals surface area contributed by atoms with E-state index in [-0.39, 0.29) is 6.10 Å². The fourth-order valence-corrected chi connectivity index (χ4v) is 0.588. The highest BCUT2D eigenvalue weighted by molar-refractivity contribution is 5.11. The highest BCUT2D eigenvalue weighted by Crippen LogP contribution is 2.11. The maximum absolute atomic E-state index is 9.32. The van der Waals surface area contributed by atoms with Crippen molar-refractivity contribution in [1.29, 1.82) is 0 Å². The summed E-state index contributed by atoms with van der Waals surface area (Å²) >= 11 is 0.